The van der Waals surface area contributed by atoms with Gasteiger partial charge < -0.3 is 5.32 Å². The quantitative estimate of drug-likeness (QED) is 0.331. The van der Waals surface area contributed by atoms with Crippen molar-refractivity contribution in [3.63, 3.8) is 0 Å². The molecule has 6 nitrogen and oxygen atoms in total. The van der Waals surface area contributed by atoms with Crippen molar-refractivity contribution in [3.8, 4) is 11.3 Å². The number of aromatic nitrogens is 1. The molecule has 0 radical (unpaired) electrons. The minimum Gasteiger partial charge on any atom is -0.322 e. The molecule has 0 aliphatic rings. The molecular weight excluding hydrogens is 477 g/mol. The molecule has 36 heavy (non-hydrogen) atoms. The summed E-state index contributed by atoms with van der Waals surface area (Å²) in [7, 11) is -2.48. The fourth-order valence-electron chi connectivity index (χ4n) is 3.58. The van der Waals surface area contributed by atoms with Crippen molar-refractivity contribution in [3.05, 3.63) is 114 Å². The summed E-state index contributed by atoms with van der Waals surface area (Å²) in [5, 5.41) is 2.85. The number of benzene rings is 3. The Morgan fingerprint density at radius 3 is 2.50 bits per heavy atom. The molecule has 0 saturated carbocycles. The van der Waals surface area contributed by atoms with E-state index in [0.29, 0.717) is 22.5 Å². The maximum Gasteiger partial charge on any atom is 0.264 e. The van der Waals surface area contributed by atoms with Crippen molar-refractivity contribution >= 4 is 33.4 Å². The van der Waals surface area contributed by atoms with Gasteiger partial charge in [0.15, 0.2) is 0 Å². The van der Waals surface area contributed by atoms with E-state index in [1.807, 2.05) is 36.4 Å². The molecule has 4 aromatic rings. The lowest BCUT2D eigenvalue weighted by molar-refractivity contribution is -0.111. The number of anilines is 2. The Labute approximate surface area is 209 Å². The molecule has 1 heterocycles. The maximum atomic E-state index is 13.6. The number of nitrogens with one attached hydrogen (secondary N) is 1. The fourth-order valence-corrected chi connectivity index (χ4v) is 4.83. The lowest BCUT2D eigenvalue weighted by Crippen LogP contribution is -2.26. The molecule has 0 atom stereocenters. The zero-order valence-electron chi connectivity index (χ0n) is 19.7. The van der Waals surface area contributed by atoms with Crippen molar-refractivity contribution in [1.29, 1.82) is 0 Å². The monoisotopic (exact) mass is 501 g/mol. The number of halogens is 1. The van der Waals surface area contributed by atoms with Crippen molar-refractivity contribution < 1.29 is 17.6 Å². The van der Waals surface area contributed by atoms with Crippen LogP contribution in [0.3, 0.4) is 0 Å². The fraction of sp³-hybridized carbons (Fsp3) is 0.0714. The Bertz CT molecular complexity index is 1540. The minimum atomic E-state index is -3.90. The molecule has 0 unspecified atom stereocenters. The number of nitrogens with zero attached hydrogens (tertiary/aromatic N) is 2. The highest BCUT2D eigenvalue weighted by atomic mass is 32.2. The summed E-state index contributed by atoms with van der Waals surface area (Å²) in [5.74, 6) is -0.775. The average molecular weight is 502 g/mol. The highest BCUT2D eigenvalue weighted by Crippen LogP contribution is 2.27. The van der Waals surface area contributed by atoms with Gasteiger partial charge in [-0.2, -0.15) is 0 Å². The first-order valence-corrected chi connectivity index (χ1v) is 12.5. The zero-order chi connectivity index (χ0) is 25.7. The Kier molecular flexibility index (Phi) is 7.26. The van der Waals surface area contributed by atoms with Crippen LogP contribution in [0.25, 0.3) is 17.3 Å². The summed E-state index contributed by atoms with van der Waals surface area (Å²) in [4.78, 5) is 17.0. The van der Waals surface area contributed by atoms with Gasteiger partial charge in [0.05, 0.1) is 22.0 Å². The summed E-state index contributed by atoms with van der Waals surface area (Å²) in [6, 6.07) is 23.3. The van der Waals surface area contributed by atoms with E-state index in [2.05, 4.69) is 10.3 Å². The van der Waals surface area contributed by atoms with Crippen molar-refractivity contribution in [2.45, 2.75) is 11.8 Å². The van der Waals surface area contributed by atoms with Gasteiger partial charge in [-0.25, -0.2) is 12.8 Å². The van der Waals surface area contributed by atoms with Crippen LogP contribution in [0.1, 0.15) is 11.1 Å². The van der Waals surface area contributed by atoms with E-state index in [1.165, 1.54) is 43.5 Å². The molecule has 0 aliphatic heterocycles. The topological polar surface area (TPSA) is 79.4 Å². The Balaban J connectivity index is 1.52. The number of carbonyl (C=O) groups excluding carboxylic acids is 1. The van der Waals surface area contributed by atoms with E-state index < -0.39 is 15.8 Å². The first kappa shape index (κ1) is 24.8. The number of aryl methyl sites for hydroxylation is 1. The second-order valence-corrected chi connectivity index (χ2v) is 10.0. The summed E-state index contributed by atoms with van der Waals surface area (Å²) < 4.78 is 41.0. The van der Waals surface area contributed by atoms with Crippen molar-refractivity contribution in [2.24, 2.45) is 0 Å². The van der Waals surface area contributed by atoms with Crippen LogP contribution in [0.5, 0.6) is 0 Å². The van der Waals surface area contributed by atoms with Crippen LogP contribution in [-0.4, -0.2) is 26.4 Å². The third-order valence-electron chi connectivity index (χ3n) is 5.57. The van der Waals surface area contributed by atoms with Gasteiger partial charge in [-0.15, -0.1) is 0 Å². The molecule has 0 bridgehead atoms. The second-order valence-electron chi connectivity index (χ2n) is 8.06. The SMILES string of the molecule is Cc1cc(N(C)S(=O)(=O)c2cccc(/C=C/C(=O)Nc3ccccc3-c3ccccn3)c2)ccc1F. The molecular formula is C28H24FN3O3S. The Hall–Kier alpha value is -4.30. The first-order chi connectivity index (χ1) is 17.3. The lowest BCUT2D eigenvalue weighted by Gasteiger charge is -2.20. The Morgan fingerprint density at radius 1 is 0.972 bits per heavy atom. The molecule has 182 valence electrons. The third-order valence-corrected chi connectivity index (χ3v) is 7.36. The van der Waals surface area contributed by atoms with E-state index in [0.717, 1.165) is 15.6 Å². The average Bonchev–Trinajstić information content (AvgIpc) is 2.89. The predicted octanol–water partition coefficient (Wildman–Crippen LogP) is 5.67. The number of hydrogen-bond donors (Lipinski definition) is 1. The van der Waals surface area contributed by atoms with Crippen LogP contribution in [-0.2, 0) is 14.8 Å². The maximum absolute atomic E-state index is 13.6. The summed E-state index contributed by atoms with van der Waals surface area (Å²) in [5.41, 5.74) is 3.36. The molecule has 4 rings (SSSR count). The number of rotatable bonds is 7. The van der Waals surface area contributed by atoms with Gasteiger partial charge in [0.1, 0.15) is 5.82 Å². The summed E-state index contributed by atoms with van der Waals surface area (Å²) in [6.07, 6.45) is 4.57. The van der Waals surface area contributed by atoms with Crippen LogP contribution >= 0.6 is 0 Å². The molecule has 0 saturated heterocycles. The normalized spacial score (nSPS) is 11.4. The standard InChI is InChI=1S/C28H24FN3O3S/c1-20-18-22(14-15-25(20)29)32(2)36(34,35)23-9-7-8-21(19-23)13-16-28(33)31-27-12-4-3-10-24(27)26-11-5-6-17-30-26/h3-19H,1-2H3,(H,31,33)/b16-13+. The van der Waals surface area contributed by atoms with E-state index in [9.17, 15) is 17.6 Å². The molecule has 3 aromatic carbocycles. The van der Waals surface area contributed by atoms with Crippen LogP contribution in [0, 0.1) is 12.7 Å². The molecule has 0 fully saturated rings. The van der Waals surface area contributed by atoms with Gasteiger partial charge in [-0.05, 0) is 72.7 Å². The third kappa shape index (κ3) is 5.50. The summed E-state index contributed by atoms with van der Waals surface area (Å²) in [6.45, 7) is 1.57. The Morgan fingerprint density at radius 2 is 1.75 bits per heavy atom. The smallest absolute Gasteiger partial charge is 0.264 e. The molecule has 1 aromatic heterocycles. The van der Waals surface area contributed by atoms with Crippen LogP contribution in [0.15, 0.2) is 102 Å². The number of pyridine rings is 1. The molecule has 0 aliphatic carbocycles. The van der Waals surface area contributed by atoms with E-state index >= 15 is 0 Å². The zero-order valence-corrected chi connectivity index (χ0v) is 20.5. The van der Waals surface area contributed by atoms with Crippen LogP contribution in [0.4, 0.5) is 15.8 Å². The van der Waals surface area contributed by atoms with Gasteiger partial charge in [-0.1, -0.05) is 36.4 Å². The van der Waals surface area contributed by atoms with Crippen LogP contribution < -0.4 is 9.62 Å². The number of carbonyl (C=O) groups is 1. The van der Waals surface area contributed by atoms with Gasteiger partial charge in [0.2, 0.25) is 5.91 Å². The second kappa shape index (κ2) is 10.5. The van der Waals surface area contributed by atoms with Gasteiger partial charge >= 0.3 is 0 Å². The highest BCUT2D eigenvalue weighted by molar-refractivity contribution is 7.92. The minimum absolute atomic E-state index is 0.0510. The lowest BCUT2D eigenvalue weighted by atomic mass is 10.1. The van der Waals surface area contributed by atoms with E-state index in [4.69, 9.17) is 0 Å². The molecule has 8 heteroatoms. The van der Waals surface area contributed by atoms with Crippen LogP contribution in [0.2, 0.25) is 0 Å². The number of sulfonamides is 1. The summed E-state index contributed by atoms with van der Waals surface area (Å²) >= 11 is 0. The van der Waals surface area contributed by atoms with E-state index in [1.54, 1.807) is 37.4 Å². The van der Waals surface area contributed by atoms with Gasteiger partial charge in [-0.3, -0.25) is 14.1 Å². The van der Waals surface area contributed by atoms with Crippen molar-refractivity contribution in [2.75, 3.05) is 16.7 Å². The number of hydrogen-bond acceptors (Lipinski definition) is 4. The number of amides is 1. The van der Waals surface area contributed by atoms with Gasteiger partial charge in [0, 0.05) is 24.9 Å². The largest absolute Gasteiger partial charge is 0.322 e. The molecule has 1 N–H and O–H groups in total. The first-order valence-electron chi connectivity index (χ1n) is 11.1. The van der Waals surface area contributed by atoms with Crippen molar-refractivity contribution in [1.82, 2.24) is 4.98 Å². The molecule has 1 amide bonds. The van der Waals surface area contributed by atoms with E-state index in [-0.39, 0.29) is 10.8 Å². The number of para-hydroxylation sites is 1. The highest BCUT2D eigenvalue weighted by Gasteiger charge is 2.22. The predicted molar refractivity (Wildman–Crippen MR) is 141 cm³/mol. The van der Waals surface area contributed by atoms with Gasteiger partial charge in [0.25, 0.3) is 10.0 Å². The molecule has 0 spiro atoms.